The molecule has 0 aliphatic heterocycles. The Balaban J connectivity index is 2.16. The number of rotatable bonds is 5. The lowest BCUT2D eigenvalue weighted by Gasteiger charge is -2.14. The van der Waals surface area contributed by atoms with Crippen LogP contribution < -0.4 is 5.73 Å². The van der Waals surface area contributed by atoms with Crippen LogP contribution >= 0.6 is 11.3 Å². The first-order valence-electron chi connectivity index (χ1n) is 5.98. The molecule has 3 nitrogen and oxygen atoms in total. The maximum atomic E-state index is 5.82. The number of nitrogens with one attached hydrogen (secondary N) is 1. The number of H-pyrrole nitrogens is 1. The van der Waals surface area contributed by atoms with Crippen LogP contribution in [-0.4, -0.2) is 16.5 Å². The zero-order valence-corrected chi connectivity index (χ0v) is 11.1. The molecule has 92 valence electrons. The van der Waals surface area contributed by atoms with Crippen LogP contribution in [0.4, 0.5) is 0 Å². The van der Waals surface area contributed by atoms with Crippen molar-refractivity contribution in [2.75, 3.05) is 6.54 Å². The van der Waals surface area contributed by atoms with Gasteiger partial charge in [-0.1, -0.05) is 13.8 Å². The van der Waals surface area contributed by atoms with E-state index in [0.717, 1.165) is 17.9 Å². The van der Waals surface area contributed by atoms with Gasteiger partial charge in [0.25, 0.3) is 0 Å². The van der Waals surface area contributed by atoms with Crippen LogP contribution in [0.2, 0.25) is 0 Å². The van der Waals surface area contributed by atoms with E-state index >= 15 is 0 Å². The molecule has 1 unspecified atom stereocenters. The molecular weight excluding hydrogens is 230 g/mol. The van der Waals surface area contributed by atoms with Crippen molar-refractivity contribution in [2.24, 2.45) is 11.7 Å². The van der Waals surface area contributed by atoms with E-state index in [0.29, 0.717) is 18.4 Å². The molecule has 1 atom stereocenters. The summed E-state index contributed by atoms with van der Waals surface area (Å²) in [4.78, 5) is 7.85. The highest BCUT2D eigenvalue weighted by molar-refractivity contribution is 7.08. The van der Waals surface area contributed by atoms with Crippen LogP contribution in [-0.2, 0) is 0 Å². The number of thiophene rings is 1. The molecular formula is C13H19N3S. The van der Waals surface area contributed by atoms with Crippen LogP contribution in [0.5, 0.6) is 0 Å². The second-order valence-electron chi connectivity index (χ2n) is 4.76. The fraction of sp³-hybridized carbons (Fsp3) is 0.462. The first-order chi connectivity index (χ1) is 8.20. The van der Waals surface area contributed by atoms with Gasteiger partial charge in [0.05, 0.1) is 11.9 Å². The number of imidazole rings is 1. The SMILES string of the molecule is CC(C)CC(CN)c1ncc(-c2ccsc2)[nH]1. The molecule has 0 aliphatic carbocycles. The molecule has 0 bridgehead atoms. The molecule has 0 amide bonds. The topological polar surface area (TPSA) is 54.7 Å². The third-order valence-electron chi connectivity index (χ3n) is 2.85. The molecule has 0 fully saturated rings. The average molecular weight is 249 g/mol. The Labute approximate surface area is 106 Å². The van der Waals surface area contributed by atoms with Gasteiger partial charge in [-0.05, 0) is 23.8 Å². The van der Waals surface area contributed by atoms with Gasteiger partial charge in [-0.15, -0.1) is 0 Å². The van der Waals surface area contributed by atoms with Gasteiger partial charge in [-0.3, -0.25) is 0 Å². The number of hydrogen-bond donors (Lipinski definition) is 2. The third-order valence-corrected chi connectivity index (χ3v) is 3.54. The van der Waals surface area contributed by atoms with E-state index in [1.165, 1.54) is 5.56 Å². The first-order valence-corrected chi connectivity index (χ1v) is 6.92. The van der Waals surface area contributed by atoms with Crippen LogP contribution in [0, 0.1) is 5.92 Å². The van der Waals surface area contributed by atoms with Crippen molar-refractivity contribution >= 4 is 11.3 Å². The van der Waals surface area contributed by atoms with Crippen molar-refractivity contribution in [3.63, 3.8) is 0 Å². The zero-order valence-electron chi connectivity index (χ0n) is 10.3. The summed E-state index contributed by atoms with van der Waals surface area (Å²) >= 11 is 1.70. The molecule has 4 heteroatoms. The smallest absolute Gasteiger partial charge is 0.110 e. The molecule has 0 saturated heterocycles. The number of hydrogen-bond acceptors (Lipinski definition) is 3. The highest BCUT2D eigenvalue weighted by Crippen LogP contribution is 2.25. The van der Waals surface area contributed by atoms with Crippen molar-refractivity contribution in [1.29, 1.82) is 0 Å². The van der Waals surface area contributed by atoms with E-state index < -0.39 is 0 Å². The summed E-state index contributed by atoms with van der Waals surface area (Å²) in [6.45, 7) is 5.07. The maximum Gasteiger partial charge on any atom is 0.110 e. The monoisotopic (exact) mass is 249 g/mol. The van der Waals surface area contributed by atoms with Crippen LogP contribution in [0.1, 0.15) is 32.0 Å². The van der Waals surface area contributed by atoms with Crippen molar-refractivity contribution < 1.29 is 0 Å². The Morgan fingerprint density at radius 2 is 2.29 bits per heavy atom. The normalized spacial score (nSPS) is 13.2. The van der Waals surface area contributed by atoms with E-state index in [4.69, 9.17) is 5.73 Å². The Morgan fingerprint density at radius 1 is 1.47 bits per heavy atom. The minimum absolute atomic E-state index is 0.336. The second-order valence-corrected chi connectivity index (χ2v) is 5.54. The quantitative estimate of drug-likeness (QED) is 0.854. The van der Waals surface area contributed by atoms with Gasteiger partial charge in [-0.25, -0.2) is 4.98 Å². The van der Waals surface area contributed by atoms with Gasteiger partial charge in [0.1, 0.15) is 5.82 Å². The minimum atomic E-state index is 0.336. The van der Waals surface area contributed by atoms with Gasteiger partial charge in [0.2, 0.25) is 0 Å². The number of aromatic nitrogens is 2. The molecule has 3 N–H and O–H groups in total. The molecule has 0 aliphatic rings. The van der Waals surface area contributed by atoms with E-state index in [1.807, 2.05) is 6.20 Å². The maximum absolute atomic E-state index is 5.82. The number of nitrogens with zero attached hydrogens (tertiary/aromatic N) is 1. The molecule has 2 aromatic rings. The molecule has 0 radical (unpaired) electrons. The van der Waals surface area contributed by atoms with Gasteiger partial charge < -0.3 is 10.7 Å². The lowest BCUT2D eigenvalue weighted by atomic mass is 9.97. The van der Waals surface area contributed by atoms with Crippen LogP contribution in [0.3, 0.4) is 0 Å². The fourth-order valence-electron chi connectivity index (χ4n) is 2.00. The van der Waals surface area contributed by atoms with Crippen LogP contribution in [0.15, 0.2) is 23.0 Å². The van der Waals surface area contributed by atoms with Crippen molar-refractivity contribution in [3.05, 3.63) is 28.8 Å². The molecule has 0 saturated carbocycles. The summed E-state index contributed by atoms with van der Waals surface area (Å²) in [5.74, 6) is 1.99. The molecule has 2 aromatic heterocycles. The third kappa shape index (κ3) is 2.96. The van der Waals surface area contributed by atoms with Crippen molar-refractivity contribution in [3.8, 4) is 11.3 Å². The Morgan fingerprint density at radius 3 is 2.88 bits per heavy atom. The Bertz CT molecular complexity index is 445. The Kier molecular flexibility index (Phi) is 3.97. The van der Waals surface area contributed by atoms with Gasteiger partial charge in [-0.2, -0.15) is 11.3 Å². The predicted molar refractivity (Wildman–Crippen MR) is 73.2 cm³/mol. The summed E-state index contributed by atoms with van der Waals surface area (Å²) in [5, 5.41) is 4.20. The van der Waals surface area contributed by atoms with Crippen molar-refractivity contribution in [1.82, 2.24) is 9.97 Å². The highest BCUT2D eigenvalue weighted by Gasteiger charge is 2.15. The van der Waals surface area contributed by atoms with E-state index in [-0.39, 0.29) is 0 Å². The van der Waals surface area contributed by atoms with Crippen molar-refractivity contribution in [2.45, 2.75) is 26.2 Å². The molecule has 2 heterocycles. The summed E-state index contributed by atoms with van der Waals surface area (Å²) in [5.41, 5.74) is 8.11. The first kappa shape index (κ1) is 12.3. The Hall–Kier alpha value is -1.13. The zero-order chi connectivity index (χ0) is 12.3. The summed E-state index contributed by atoms with van der Waals surface area (Å²) in [6.07, 6.45) is 2.98. The summed E-state index contributed by atoms with van der Waals surface area (Å²) in [6, 6.07) is 2.10. The summed E-state index contributed by atoms with van der Waals surface area (Å²) in [7, 11) is 0. The largest absolute Gasteiger partial charge is 0.342 e. The number of nitrogens with two attached hydrogens (primary N) is 1. The van der Waals surface area contributed by atoms with Crippen LogP contribution in [0.25, 0.3) is 11.3 Å². The van der Waals surface area contributed by atoms with E-state index in [9.17, 15) is 0 Å². The van der Waals surface area contributed by atoms with E-state index in [1.54, 1.807) is 11.3 Å². The molecule has 0 spiro atoms. The predicted octanol–water partition coefficient (Wildman–Crippen LogP) is 3.23. The van der Waals surface area contributed by atoms with Gasteiger partial charge in [0.15, 0.2) is 0 Å². The fourth-order valence-corrected chi connectivity index (χ4v) is 2.65. The van der Waals surface area contributed by atoms with E-state index in [2.05, 4.69) is 40.6 Å². The number of aromatic amines is 1. The lowest BCUT2D eigenvalue weighted by molar-refractivity contribution is 0.490. The standard InChI is InChI=1S/C13H19N3S/c1-9(2)5-11(6-14)13-15-7-12(16-13)10-3-4-17-8-10/h3-4,7-9,11H,5-6,14H2,1-2H3,(H,15,16). The van der Waals surface area contributed by atoms with Gasteiger partial charge in [0, 0.05) is 23.4 Å². The molecule has 17 heavy (non-hydrogen) atoms. The highest BCUT2D eigenvalue weighted by atomic mass is 32.1. The lowest BCUT2D eigenvalue weighted by Crippen LogP contribution is -2.15. The minimum Gasteiger partial charge on any atom is -0.342 e. The molecule has 2 rings (SSSR count). The molecule has 0 aromatic carbocycles. The average Bonchev–Trinajstić information content (AvgIpc) is 2.95. The van der Waals surface area contributed by atoms with Gasteiger partial charge >= 0.3 is 0 Å². The second kappa shape index (κ2) is 5.47. The summed E-state index contributed by atoms with van der Waals surface area (Å²) < 4.78 is 0.